The molecule has 0 aliphatic carbocycles. The van der Waals surface area contributed by atoms with Crippen molar-refractivity contribution in [2.75, 3.05) is 33.2 Å². The van der Waals surface area contributed by atoms with Gasteiger partial charge in [0.05, 0.1) is 6.42 Å². The Morgan fingerprint density at radius 2 is 1.68 bits per heavy atom. The fourth-order valence-corrected chi connectivity index (χ4v) is 2.40. The highest BCUT2D eigenvalue weighted by atomic mass is 16.5. The number of nitrogens with zero attached hydrogens (tertiary/aromatic N) is 1. The van der Waals surface area contributed by atoms with E-state index >= 15 is 0 Å². The molecule has 0 unspecified atom stereocenters. The maximum Gasteiger partial charge on any atom is 0.307 e. The Morgan fingerprint density at radius 3 is 2.20 bits per heavy atom. The third kappa shape index (κ3) is 7.83. The number of likely N-dealkylation sites (N-methyl/N-ethyl adjacent to an activating group) is 1. The van der Waals surface area contributed by atoms with Gasteiger partial charge in [0, 0.05) is 26.2 Å². The molecule has 1 fully saturated rings. The second-order valence-electron chi connectivity index (χ2n) is 6.04. The lowest BCUT2D eigenvalue weighted by Crippen LogP contribution is -2.40. The van der Waals surface area contributed by atoms with Gasteiger partial charge >= 0.3 is 5.97 Å². The smallest absolute Gasteiger partial charge is 0.307 e. The van der Waals surface area contributed by atoms with E-state index in [1.807, 2.05) is 30.3 Å². The van der Waals surface area contributed by atoms with Gasteiger partial charge in [0.25, 0.3) is 0 Å². The van der Waals surface area contributed by atoms with E-state index in [4.69, 9.17) is 9.84 Å². The van der Waals surface area contributed by atoms with Crippen molar-refractivity contribution in [3.63, 3.8) is 0 Å². The summed E-state index contributed by atoms with van der Waals surface area (Å²) in [5, 5.41) is 11.9. The van der Waals surface area contributed by atoms with E-state index in [-0.39, 0.29) is 6.42 Å². The number of nitrogens with one attached hydrogen (secondary N) is 1. The van der Waals surface area contributed by atoms with Crippen molar-refractivity contribution in [3.8, 4) is 5.75 Å². The molecule has 0 radical (unpaired) electrons. The Morgan fingerprint density at radius 1 is 1.04 bits per heavy atom. The molecule has 3 rings (SSSR count). The second-order valence-corrected chi connectivity index (χ2v) is 6.04. The largest absolute Gasteiger partial charge is 0.489 e. The summed E-state index contributed by atoms with van der Waals surface area (Å²) < 4.78 is 5.60. The van der Waals surface area contributed by atoms with E-state index in [2.05, 4.69) is 17.3 Å². The Balaban J connectivity index is 0.000000269. The first-order valence-corrected chi connectivity index (χ1v) is 8.50. The molecule has 1 saturated heterocycles. The number of carboxylic acid groups (broad SMARTS) is 1. The zero-order valence-electron chi connectivity index (χ0n) is 14.6. The minimum atomic E-state index is -0.826. The van der Waals surface area contributed by atoms with Crippen LogP contribution < -0.4 is 10.1 Å². The topological polar surface area (TPSA) is 61.8 Å². The predicted molar refractivity (Wildman–Crippen MR) is 98.9 cm³/mol. The van der Waals surface area contributed by atoms with Gasteiger partial charge in [-0.15, -0.1) is 0 Å². The van der Waals surface area contributed by atoms with E-state index < -0.39 is 5.97 Å². The molecule has 5 heteroatoms. The zero-order chi connectivity index (χ0) is 17.9. The number of benzene rings is 2. The molecule has 2 aromatic rings. The number of rotatable bonds is 5. The van der Waals surface area contributed by atoms with Crippen LogP contribution in [0.5, 0.6) is 5.75 Å². The van der Waals surface area contributed by atoms with Gasteiger partial charge in [-0.2, -0.15) is 0 Å². The fourth-order valence-electron chi connectivity index (χ4n) is 2.40. The zero-order valence-corrected chi connectivity index (χ0v) is 14.6. The highest BCUT2D eigenvalue weighted by molar-refractivity contribution is 5.70. The highest BCUT2D eigenvalue weighted by Crippen LogP contribution is 2.14. The van der Waals surface area contributed by atoms with Gasteiger partial charge in [0.15, 0.2) is 0 Å². The number of hydrogen-bond acceptors (Lipinski definition) is 4. The number of carboxylic acids is 1. The van der Waals surface area contributed by atoms with Crippen LogP contribution in [0.1, 0.15) is 11.1 Å². The normalized spacial score (nSPS) is 14.3. The molecular weight excluding hydrogens is 316 g/mol. The van der Waals surface area contributed by atoms with E-state index in [1.54, 1.807) is 24.3 Å². The predicted octanol–water partition coefficient (Wildman–Crippen LogP) is 2.41. The quantitative estimate of drug-likeness (QED) is 0.874. The van der Waals surface area contributed by atoms with Crippen LogP contribution in [0.4, 0.5) is 0 Å². The van der Waals surface area contributed by atoms with Gasteiger partial charge in [-0.3, -0.25) is 4.79 Å². The van der Waals surface area contributed by atoms with Gasteiger partial charge < -0.3 is 20.1 Å². The lowest BCUT2D eigenvalue weighted by Gasteiger charge is -2.21. The van der Waals surface area contributed by atoms with Crippen LogP contribution >= 0.6 is 0 Å². The molecule has 0 spiro atoms. The average Bonchev–Trinajstić information content (AvgIpc) is 2.63. The Bertz CT molecular complexity index is 623. The number of hydrogen-bond donors (Lipinski definition) is 2. The van der Waals surface area contributed by atoms with E-state index in [0.29, 0.717) is 6.61 Å². The third-order valence-corrected chi connectivity index (χ3v) is 3.87. The lowest BCUT2D eigenvalue weighted by atomic mass is 10.1. The van der Waals surface area contributed by atoms with Crippen LogP contribution in [0.2, 0.25) is 0 Å². The van der Waals surface area contributed by atoms with E-state index in [9.17, 15) is 4.79 Å². The SMILES string of the molecule is CN1CCNCC1.O=C(O)Cc1ccc(OCc2ccccc2)cc1. The maximum atomic E-state index is 10.5. The van der Waals surface area contributed by atoms with Gasteiger partial charge in [0.2, 0.25) is 0 Å². The minimum absolute atomic E-state index is 0.0406. The van der Waals surface area contributed by atoms with Gasteiger partial charge in [-0.1, -0.05) is 42.5 Å². The van der Waals surface area contributed by atoms with Crippen molar-refractivity contribution in [1.82, 2.24) is 10.2 Å². The van der Waals surface area contributed by atoms with Crippen molar-refractivity contribution in [2.45, 2.75) is 13.0 Å². The molecule has 0 bridgehead atoms. The number of piperazine rings is 1. The van der Waals surface area contributed by atoms with E-state index in [1.165, 1.54) is 13.1 Å². The molecule has 0 aromatic heterocycles. The van der Waals surface area contributed by atoms with Crippen LogP contribution in [0.25, 0.3) is 0 Å². The third-order valence-electron chi connectivity index (χ3n) is 3.87. The molecule has 134 valence electrons. The summed E-state index contributed by atoms with van der Waals surface area (Å²) in [7, 11) is 2.15. The molecule has 25 heavy (non-hydrogen) atoms. The van der Waals surface area contributed by atoms with Crippen molar-refractivity contribution >= 4 is 5.97 Å². The molecule has 1 aliphatic rings. The molecule has 5 nitrogen and oxygen atoms in total. The van der Waals surface area contributed by atoms with Crippen molar-refractivity contribution in [3.05, 3.63) is 65.7 Å². The highest BCUT2D eigenvalue weighted by Gasteiger charge is 2.01. The Kier molecular flexibility index (Phi) is 7.95. The van der Waals surface area contributed by atoms with Crippen LogP contribution in [0, 0.1) is 0 Å². The van der Waals surface area contributed by atoms with Gasteiger partial charge in [0.1, 0.15) is 12.4 Å². The fraction of sp³-hybridized carbons (Fsp3) is 0.350. The molecule has 1 aliphatic heterocycles. The molecule has 0 atom stereocenters. The summed E-state index contributed by atoms with van der Waals surface area (Å²) in [5.74, 6) is -0.0825. The summed E-state index contributed by atoms with van der Waals surface area (Å²) >= 11 is 0. The molecule has 1 heterocycles. The van der Waals surface area contributed by atoms with Crippen LogP contribution in [-0.4, -0.2) is 49.2 Å². The lowest BCUT2D eigenvalue weighted by molar-refractivity contribution is -0.136. The molecular formula is C20H26N2O3. The summed E-state index contributed by atoms with van der Waals surface area (Å²) in [6, 6.07) is 17.0. The van der Waals surface area contributed by atoms with Gasteiger partial charge in [-0.25, -0.2) is 0 Å². The summed E-state index contributed by atoms with van der Waals surface area (Å²) in [6.45, 7) is 5.26. The molecule has 2 aromatic carbocycles. The minimum Gasteiger partial charge on any atom is -0.489 e. The maximum absolute atomic E-state index is 10.5. The Labute approximate surface area is 149 Å². The van der Waals surface area contributed by atoms with Crippen LogP contribution in [0.15, 0.2) is 54.6 Å². The second kappa shape index (κ2) is 10.5. The number of aliphatic carboxylic acids is 1. The van der Waals surface area contributed by atoms with Gasteiger partial charge in [-0.05, 0) is 30.3 Å². The molecule has 0 amide bonds. The Hall–Kier alpha value is -2.37. The first kappa shape index (κ1) is 19.0. The van der Waals surface area contributed by atoms with Crippen molar-refractivity contribution < 1.29 is 14.6 Å². The first-order chi connectivity index (χ1) is 12.1. The monoisotopic (exact) mass is 342 g/mol. The summed E-state index contributed by atoms with van der Waals surface area (Å²) in [5.41, 5.74) is 1.88. The van der Waals surface area contributed by atoms with E-state index in [0.717, 1.165) is 30.0 Å². The van der Waals surface area contributed by atoms with Crippen LogP contribution in [0.3, 0.4) is 0 Å². The first-order valence-electron chi connectivity index (χ1n) is 8.50. The van der Waals surface area contributed by atoms with Crippen molar-refractivity contribution in [2.24, 2.45) is 0 Å². The number of ether oxygens (including phenoxy) is 1. The average molecular weight is 342 g/mol. The van der Waals surface area contributed by atoms with Crippen LogP contribution in [-0.2, 0) is 17.8 Å². The van der Waals surface area contributed by atoms with Crippen molar-refractivity contribution in [1.29, 1.82) is 0 Å². The standard InChI is InChI=1S/C15H14O3.C5H12N2/c16-15(17)10-12-6-8-14(9-7-12)18-11-13-4-2-1-3-5-13;1-7-4-2-6-3-5-7/h1-9H,10-11H2,(H,16,17);6H,2-5H2,1H3. The number of carbonyl (C=O) groups is 1. The molecule has 0 saturated carbocycles. The summed E-state index contributed by atoms with van der Waals surface area (Å²) in [4.78, 5) is 12.9. The summed E-state index contributed by atoms with van der Waals surface area (Å²) in [6.07, 6.45) is 0.0406. The molecule has 2 N–H and O–H groups in total.